The molecule has 0 aliphatic carbocycles. The largest absolute Gasteiger partial charge is 0.462 e. The van der Waals surface area contributed by atoms with Gasteiger partial charge in [0.05, 0.1) is 0 Å². The van der Waals surface area contributed by atoms with Crippen LogP contribution in [0.4, 0.5) is 0 Å². The molecule has 1 unspecified atom stereocenters. The molecule has 6 heteroatoms. The molecule has 0 saturated heterocycles. The molecule has 0 amide bonds. The Morgan fingerprint density at radius 3 is 1.04 bits per heavy atom. The molecule has 0 saturated carbocycles. The fourth-order valence-electron chi connectivity index (χ4n) is 6.95. The predicted octanol–water partition coefficient (Wildman–Crippen LogP) is 15.2. The van der Waals surface area contributed by atoms with Crippen molar-refractivity contribution < 1.29 is 28.6 Å². The maximum absolute atomic E-state index is 12.7. The smallest absolute Gasteiger partial charge is 0.306 e. The summed E-state index contributed by atoms with van der Waals surface area (Å²) in [4.78, 5) is 37.6. The van der Waals surface area contributed by atoms with Gasteiger partial charge in [-0.3, -0.25) is 14.4 Å². The van der Waals surface area contributed by atoms with Gasteiger partial charge in [-0.2, -0.15) is 0 Å². The second-order valence-electron chi connectivity index (χ2n) is 16.1. The molecule has 0 N–H and O–H groups in total. The van der Waals surface area contributed by atoms with Gasteiger partial charge in [-0.1, -0.05) is 193 Å². The molecule has 0 aliphatic rings. The van der Waals surface area contributed by atoms with Crippen LogP contribution < -0.4 is 0 Å². The van der Waals surface area contributed by atoms with Crippen molar-refractivity contribution in [3.05, 3.63) is 24.8 Å². The van der Waals surface area contributed by atoms with Gasteiger partial charge in [0.25, 0.3) is 0 Å². The van der Waals surface area contributed by atoms with Crippen LogP contribution in [-0.2, 0) is 28.6 Å². The van der Waals surface area contributed by atoms with Crippen molar-refractivity contribution in [2.24, 2.45) is 0 Å². The summed E-state index contributed by atoms with van der Waals surface area (Å²) in [7, 11) is 0. The Kier molecular flexibility index (Phi) is 42.9. The van der Waals surface area contributed by atoms with Crippen LogP contribution in [0.15, 0.2) is 24.8 Å². The monoisotopic (exact) mass is 775 g/mol. The number of unbranched alkanes of at least 4 members (excludes halogenated alkanes) is 30. The molecule has 0 aromatic rings. The molecule has 0 aromatic carbocycles. The highest BCUT2D eigenvalue weighted by Gasteiger charge is 2.19. The first-order chi connectivity index (χ1) is 27.0. The summed E-state index contributed by atoms with van der Waals surface area (Å²) in [5, 5.41) is 0. The van der Waals surface area contributed by atoms with E-state index in [0.29, 0.717) is 19.3 Å². The van der Waals surface area contributed by atoms with Gasteiger partial charge in [0.2, 0.25) is 0 Å². The van der Waals surface area contributed by atoms with E-state index in [-0.39, 0.29) is 31.1 Å². The average molecular weight is 775 g/mol. The summed E-state index contributed by atoms with van der Waals surface area (Å²) in [5.74, 6) is -0.902. The lowest BCUT2D eigenvalue weighted by Gasteiger charge is -2.18. The van der Waals surface area contributed by atoms with Crippen LogP contribution in [0.25, 0.3) is 0 Å². The van der Waals surface area contributed by atoms with Crippen LogP contribution in [0.1, 0.15) is 251 Å². The molecule has 0 aromatic heterocycles. The molecule has 0 bridgehead atoms. The second-order valence-corrected chi connectivity index (χ2v) is 16.1. The van der Waals surface area contributed by atoms with E-state index in [1.807, 2.05) is 6.08 Å². The van der Waals surface area contributed by atoms with Crippen molar-refractivity contribution in [1.82, 2.24) is 0 Å². The first-order valence-electron chi connectivity index (χ1n) is 23.8. The van der Waals surface area contributed by atoms with Gasteiger partial charge in [0.1, 0.15) is 13.2 Å². The van der Waals surface area contributed by atoms with Crippen molar-refractivity contribution in [3.8, 4) is 0 Å². The Balaban J connectivity index is 4.26. The topological polar surface area (TPSA) is 78.9 Å². The van der Waals surface area contributed by atoms with Crippen molar-refractivity contribution in [2.75, 3.05) is 13.2 Å². The molecular formula is C49H90O6. The molecule has 55 heavy (non-hydrogen) atoms. The molecule has 0 rings (SSSR count). The van der Waals surface area contributed by atoms with E-state index in [1.165, 1.54) is 135 Å². The number of hydrogen-bond acceptors (Lipinski definition) is 6. The number of ether oxygens (including phenoxy) is 3. The molecule has 0 radical (unpaired) electrons. The van der Waals surface area contributed by atoms with Crippen molar-refractivity contribution >= 4 is 17.9 Å². The molecular weight excluding hydrogens is 685 g/mol. The zero-order valence-corrected chi connectivity index (χ0v) is 36.5. The van der Waals surface area contributed by atoms with E-state index < -0.39 is 6.10 Å². The summed E-state index contributed by atoms with van der Waals surface area (Å²) in [6.45, 7) is 8.13. The summed E-state index contributed by atoms with van der Waals surface area (Å²) >= 11 is 0. The molecule has 0 aliphatic heterocycles. The molecule has 0 fully saturated rings. The SMILES string of the molecule is C=CCCCCCCCC(=O)OCC(COC(=O)CCCCCCCCCCCCCCCCC)OC(=O)CCCCCCCC=CCCCCCCCC. The van der Waals surface area contributed by atoms with Crippen LogP contribution in [0.3, 0.4) is 0 Å². The van der Waals surface area contributed by atoms with Gasteiger partial charge >= 0.3 is 17.9 Å². The standard InChI is InChI=1S/C49H90O6/c1-4-7-10-13-16-18-20-22-24-26-28-30-33-36-39-42-48(51)54-45-46(44-53-47(50)41-38-35-32-15-12-9-6-3)55-49(52)43-40-37-34-31-29-27-25-23-21-19-17-14-11-8-5-2/h6,23,25,46H,3-5,7-22,24,26-45H2,1-2H3. The van der Waals surface area contributed by atoms with E-state index in [1.54, 1.807) is 0 Å². The third-order valence-corrected chi connectivity index (χ3v) is 10.6. The highest BCUT2D eigenvalue weighted by Crippen LogP contribution is 2.15. The Bertz CT molecular complexity index is 883. The maximum atomic E-state index is 12.7. The minimum absolute atomic E-state index is 0.0771. The lowest BCUT2D eigenvalue weighted by Crippen LogP contribution is -2.30. The average Bonchev–Trinajstić information content (AvgIpc) is 3.18. The highest BCUT2D eigenvalue weighted by molar-refractivity contribution is 5.71. The Morgan fingerprint density at radius 1 is 0.400 bits per heavy atom. The molecule has 6 nitrogen and oxygen atoms in total. The van der Waals surface area contributed by atoms with Gasteiger partial charge in [0.15, 0.2) is 6.10 Å². The quantitative estimate of drug-likeness (QED) is 0.0265. The van der Waals surface area contributed by atoms with E-state index in [0.717, 1.165) is 83.5 Å². The number of carbonyl (C=O) groups is 3. The van der Waals surface area contributed by atoms with Crippen molar-refractivity contribution in [2.45, 2.75) is 258 Å². The third-order valence-electron chi connectivity index (χ3n) is 10.6. The first-order valence-corrected chi connectivity index (χ1v) is 23.8. The summed E-state index contributed by atoms with van der Waals surface area (Å²) in [5.41, 5.74) is 0. The number of esters is 3. The third kappa shape index (κ3) is 42.9. The summed E-state index contributed by atoms with van der Waals surface area (Å²) < 4.78 is 16.7. The van der Waals surface area contributed by atoms with Crippen LogP contribution in [0.2, 0.25) is 0 Å². The van der Waals surface area contributed by atoms with Gasteiger partial charge < -0.3 is 14.2 Å². The molecule has 1 atom stereocenters. The Hall–Kier alpha value is -2.11. The normalized spacial score (nSPS) is 11.9. The number of rotatable bonds is 44. The zero-order valence-electron chi connectivity index (χ0n) is 36.5. The van der Waals surface area contributed by atoms with Gasteiger partial charge in [0, 0.05) is 19.3 Å². The lowest BCUT2D eigenvalue weighted by molar-refractivity contribution is -0.167. The predicted molar refractivity (Wildman–Crippen MR) is 233 cm³/mol. The lowest BCUT2D eigenvalue weighted by atomic mass is 10.0. The summed E-state index contributed by atoms with van der Waals surface area (Å²) in [6.07, 6.45) is 47.8. The van der Waals surface area contributed by atoms with E-state index in [9.17, 15) is 14.4 Å². The minimum Gasteiger partial charge on any atom is -0.462 e. The molecule has 0 heterocycles. The van der Waals surface area contributed by atoms with Crippen LogP contribution in [0.5, 0.6) is 0 Å². The Morgan fingerprint density at radius 2 is 0.691 bits per heavy atom. The van der Waals surface area contributed by atoms with E-state index >= 15 is 0 Å². The maximum Gasteiger partial charge on any atom is 0.306 e. The van der Waals surface area contributed by atoms with Crippen molar-refractivity contribution in [3.63, 3.8) is 0 Å². The number of allylic oxidation sites excluding steroid dienone is 3. The molecule has 322 valence electrons. The van der Waals surface area contributed by atoms with Gasteiger partial charge in [-0.05, 0) is 57.8 Å². The summed E-state index contributed by atoms with van der Waals surface area (Å²) in [6, 6.07) is 0. The minimum atomic E-state index is -0.775. The Labute approximate surface area is 341 Å². The fourth-order valence-corrected chi connectivity index (χ4v) is 6.95. The van der Waals surface area contributed by atoms with Gasteiger partial charge in [-0.15, -0.1) is 6.58 Å². The zero-order chi connectivity index (χ0) is 40.1. The van der Waals surface area contributed by atoms with Crippen molar-refractivity contribution in [1.29, 1.82) is 0 Å². The molecule has 0 spiro atoms. The van der Waals surface area contributed by atoms with Crippen LogP contribution in [-0.4, -0.2) is 37.2 Å². The number of hydrogen-bond donors (Lipinski definition) is 0. The highest BCUT2D eigenvalue weighted by atomic mass is 16.6. The van der Waals surface area contributed by atoms with Crippen LogP contribution in [0, 0.1) is 0 Å². The fraction of sp³-hybridized carbons (Fsp3) is 0.857. The van der Waals surface area contributed by atoms with E-state index in [4.69, 9.17) is 14.2 Å². The van der Waals surface area contributed by atoms with E-state index in [2.05, 4.69) is 32.6 Å². The van der Waals surface area contributed by atoms with Crippen LogP contribution >= 0.6 is 0 Å². The van der Waals surface area contributed by atoms with Gasteiger partial charge in [-0.25, -0.2) is 0 Å². The second kappa shape index (κ2) is 44.6. The first kappa shape index (κ1) is 52.9. The number of carbonyl (C=O) groups excluding carboxylic acids is 3.